The molecule has 0 radical (unpaired) electrons. The molecule has 0 aliphatic rings. The Hall–Kier alpha value is -1.81. The minimum Gasteiger partial charge on any atom is -0.454 e. The minimum atomic E-state index is -0.0332. The SMILES string of the molecule is CC(C)n1cc(Oc2ccccc2CO)cn1. The molecule has 0 fully saturated rings. The monoisotopic (exact) mass is 232 g/mol. The van der Waals surface area contributed by atoms with Gasteiger partial charge in [0.25, 0.3) is 0 Å². The molecule has 1 N–H and O–H groups in total. The summed E-state index contributed by atoms with van der Waals surface area (Å²) in [5.41, 5.74) is 0.768. The van der Waals surface area contributed by atoms with Crippen molar-refractivity contribution in [3.05, 3.63) is 42.2 Å². The molecule has 0 amide bonds. The van der Waals surface area contributed by atoms with Gasteiger partial charge in [0.15, 0.2) is 5.75 Å². The Morgan fingerprint density at radius 2 is 2.12 bits per heavy atom. The third-order valence-corrected chi connectivity index (χ3v) is 2.48. The number of aromatic nitrogens is 2. The molecule has 0 saturated heterocycles. The number of hydrogen-bond acceptors (Lipinski definition) is 3. The van der Waals surface area contributed by atoms with E-state index in [0.29, 0.717) is 17.5 Å². The molecule has 0 spiro atoms. The Morgan fingerprint density at radius 1 is 1.35 bits per heavy atom. The van der Waals surface area contributed by atoms with Crippen LogP contribution in [0.15, 0.2) is 36.7 Å². The lowest BCUT2D eigenvalue weighted by Crippen LogP contribution is -1.99. The van der Waals surface area contributed by atoms with Gasteiger partial charge in [0.2, 0.25) is 0 Å². The number of ether oxygens (including phenoxy) is 1. The van der Waals surface area contributed by atoms with E-state index in [1.54, 1.807) is 6.20 Å². The van der Waals surface area contributed by atoms with Crippen molar-refractivity contribution in [3.63, 3.8) is 0 Å². The van der Waals surface area contributed by atoms with E-state index in [1.165, 1.54) is 0 Å². The number of hydrogen-bond donors (Lipinski definition) is 1. The fraction of sp³-hybridized carbons (Fsp3) is 0.308. The average Bonchev–Trinajstić information content (AvgIpc) is 2.78. The molecule has 0 bridgehead atoms. The Morgan fingerprint density at radius 3 is 2.76 bits per heavy atom. The summed E-state index contributed by atoms with van der Waals surface area (Å²) in [6, 6.07) is 7.72. The molecule has 2 rings (SSSR count). The van der Waals surface area contributed by atoms with Crippen LogP contribution in [-0.2, 0) is 6.61 Å². The highest BCUT2D eigenvalue weighted by Gasteiger charge is 2.06. The molecule has 0 aliphatic carbocycles. The van der Waals surface area contributed by atoms with Crippen molar-refractivity contribution in [2.75, 3.05) is 0 Å². The summed E-state index contributed by atoms with van der Waals surface area (Å²) >= 11 is 0. The van der Waals surface area contributed by atoms with Crippen molar-refractivity contribution in [3.8, 4) is 11.5 Å². The lowest BCUT2D eigenvalue weighted by atomic mass is 10.2. The first kappa shape index (κ1) is 11.7. The molecule has 0 unspecified atom stereocenters. The molecule has 2 aromatic rings. The van der Waals surface area contributed by atoms with E-state index in [9.17, 15) is 5.11 Å². The lowest BCUT2D eigenvalue weighted by molar-refractivity contribution is 0.276. The van der Waals surface area contributed by atoms with E-state index < -0.39 is 0 Å². The third kappa shape index (κ3) is 2.65. The summed E-state index contributed by atoms with van der Waals surface area (Å²) in [6.07, 6.45) is 3.52. The first-order chi connectivity index (χ1) is 8.20. The third-order valence-electron chi connectivity index (χ3n) is 2.48. The average molecular weight is 232 g/mol. The number of para-hydroxylation sites is 1. The van der Waals surface area contributed by atoms with E-state index in [0.717, 1.165) is 5.56 Å². The Balaban J connectivity index is 2.19. The second-order valence-corrected chi connectivity index (χ2v) is 4.12. The molecule has 4 nitrogen and oxygen atoms in total. The lowest BCUT2D eigenvalue weighted by Gasteiger charge is -2.07. The van der Waals surface area contributed by atoms with Crippen LogP contribution in [0.3, 0.4) is 0 Å². The van der Waals surface area contributed by atoms with Gasteiger partial charge in [0.05, 0.1) is 19.0 Å². The van der Waals surface area contributed by atoms with Gasteiger partial charge < -0.3 is 9.84 Å². The van der Waals surface area contributed by atoms with E-state index in [4.69, 9.17) is 4.74 Å². The van der Waals surface area contributed by atoms with Crippen molar-refractivity contribution in [2.45, 2.75) is 26.5 Å². The van der Waals surface area contributed by atoms with E-state index >= 15 is 0 Å². The van der Waals surface area contributed by atoms with Gasteiger partial charge in [-0.25, -0.2) is 0 Å². The van der Waals surface area contributed by atoms with Crippen LogP contribution < -0.4 is 4.74 Å². The zero-order valence-electron chi connectivity index (χ0n) is 10.00. The Labute approximate surface area is 100 Å². The van der Waals surface area contributed by atoms with Crippen molar-refractivity contribution in [2.24, 2.45) is 0 Å². The van der Waals surface area contributed by atoms with Crippen LogP contribution in [0.2, 0.25) is 0 Å². The first-order valence-corrected chi connectivity index (χ1v) is 5.61. The second-order valence-electron chi connectivity index (χ2n) is 4.12. The molecule has 4 heteroatoms. The van der Waals surface area contributed by atoms with Crippen LogP contribution in [0.25, 0.3) is 0 Å². The summed E-state index contributed by atoms with van der Waals surface area (Å²) < 4.78 is 7.52. The first-order valence-electron chi connectivity index (χ1n) is 5.61. The van der Waals surface area contributed by atoms with E-state index in [-0.39, 0.29) is 6.61 Å². The molecule has 17 heavy (non-hydrogen) atoms. The van der Waals surface area contributed by atoms with Crippen LogP contribution in [-0.4, -0.2) is 14.9 Å². The summed E-state index contributed by atoms with van der Waals surface area (Å²) in [4.78, 5) is 0. The largest absolute Gasteiger partial charge is 0.454 e. The van der Waals surface area contributed by atoms with Gasteiger partial charge in [-0.05, 0) is 19.9 Å². The topological polar surface area (TPSA) is 47.3 Å². The van der Waals surface area contributed by atoms with Crippen molar-refractivity contribution in [1.29, 1.82) is 0 Å². The van der Waals surface area contributed by atoms with Gasteiger partial charge in [0.1, 0.15) is 5.75 Å². The molecular weight excluding hydrogens is 216 g/mol. The minimum absolute atomic E-state index is 0.0332. The van der Waals surface area contributed by atoms with Gasteiger partial charge in [0, 0.05) is 11.6 Å². The fourth-order valence-corrected chi connectivity index (χ4v) is 1.52. The maximum absolute atomic E-state index is 9.19. The summed E-state index contributed by atoms with van der Waals surface area (Å²) in [7, 11) is 0. The smallest absolute Gasteiger partial charge is 0.165 e. The standard InChI is InChI=1S/C13H16N2O2/c1-10(2)15-8-12(7-14-15)17-13-6-4-3-5-11(13)9-16/h3-8,10,16H,9H2,1-2H3. The van der Waals surface area contributed by atoms with Crippen LogP contribution in [0, 0.1) is 0 Å². The summed E-state index contributed by atoms with van der Waals surface area (Å²) in [5.74, 6) is 1.35. The van der Waals surface area contributed by atoms with Gasteiger partial charge in [-0.3, -0.25) is 4.68 Å². The van der Waals surface area contributed by atoms with E-state index in [2.05, 4.69) is 18.9 Å². The molecule has 1 heterocycles. The van der Waals surface area contributed by atoms with Gasteiger partial charge in [-0.15, -0.1) is 0 Å². The Kier molecular flexibility index (Phi) is 3.44. The summed E-state index contributed by atoms with van der Waals surface area (Å²) in [5, 5.41) is 13.4. The molecule has 1 aromatic carbocycles. The quantitative estimate of drug-likeness (QED) is 0.881. The predicted molar refractivity (Wildman–Crippen MR) is 65.1 cm³/mol. The Bertz CT molecular complexity index is 492. The van der Waals surface area contributed by atoms with Gasteiger partial charge in [-0.2, -0.15) is 5.10 Å². The van der Waals surface area contributed by atoms with Gasteiger partial charge in [-0.1, -0.05) is 18.2 Å². The maximum Gasteiger partial charge on any atom is 0.165 e. The van der Waals surface area contributed by atoms with Crippen molar-refractivity contribution < 1.29 is 9.84 Å². The number of aliphatic hydroxyl groups excluding tert-OH is 1. The zero-order chi connectivity index (χ0) is 12.3. The van der Waals surface area contributed by atoms with Crippen LogP contribution in [0.1, 0.15) is 25.5 Å². The van der Waals surface area contributed by atoms with Crippen molar-refractivity contribution in [1.82, 2.24) is 9.78 Å². The number of nitrogens with zero attached hydrogens (tertiary/aromatic N) is 2. The van der Waals surface area contributed by atoms with Gasteiger partial charge >= 0.3 is 0 Å². The van der Waals surface area contributed by atoms with Crippen LogP contribution in [0.4, 0.5) is 0 Å². The molecule has 90 valence electrons. The normalized spacial score (nSPS) is 10.8. The molecule has 0 saturated carbocycles. The fourth-order valence-electron chi connectivity index (χ4n) is 1.52. The number of rotatable bonds is 4. The highest BCUT2D eigenvalue weighted by molar-refractivity contribution is 5.36. The number of aliphatic hydroxyl groups is 1. The number of benzene rings is 1. The molecule has 1 aromatic heterocycles. The highest BCUT2D eigenvalue weighted by atomic mass is 16.5. The predicted octanol–water partition coefficient (Wildman–Crippen LogP) is 2.75. The van der Waals surface area contributed by atoms with Crippen LogP contribution in [0.5, 0.6) is 11.5 Å². The molecule has 0 atom stereocenters. The highest BCUT2D eigenvalue weighted by Crippen LogP contribution is 2.25. The van der Waals surface area contributed by atoms with Crippen LogP contribution >= 0.6 is 0 Å². The summed E-state index contributed by atoms with van der Waals surface area (Å²) in [6.45, 7) is 4.07. The second kappa shape index (κ2) is 5.01. The van der Waals surface area contributed by atoms with Crippen molar-refractivity contribution >= 4 is 0 Å². The van der Waals surface area contributed by atoms with E-state index in [1.807, 2.05) is 35.1 Å². The maximum atomic E-state index is 9.19. The zero-order valence-corrected chi connectivity index (χ0v) is 10.00. The molecular formula is C13H16N2O2. The molecule has 0 aliphatic heterocycles.